The molecule has 1 fully saturated rings. The van der Waals surface area contributed by atoms with E-state index in [9.17, 15) is 27.6 Å². The van der Waals surface area contributed by atoms with Gasteiger partial charge in [0, 0.05) is 25.1 Å². The maximum absolute atomic E-state index is 12.3. The Hall–Kier alpha value is -1.82. The molecule has 8 nitrogen and oxygen atoms in total. The number of aliphatic carboxylic acids is 2. The van der Waals surface area contributed by atoms with Crippen LogP contribution in [0.2, 0.25) is 0 Å². The highest BCUT2D eigenvalue weighted by Gasteiger charge is 2.38. The molecule has 0 aromatic carbocycles. The van der Waals surface area contributed by atoms with Crippen molar-refractivity contribution in [3.8, 4) is 0 Å². The highest BCUT2D eigenvalue weighted by Crippen LogP contribution is 2.23. The standard InChI is InChI=1S/C12H20N2O4S.C2HF3O2/c1-8(15)19-7-9(4-5-13)11(16)14-6-2-3-10(14)12(17)18;3-2(4,5)1(6)7/h9-10H,2-7,13H2,1H3,(H,17,18);(H,6,7)/t9?,10-;/m0./s1. The van der Waals surface area contributed by atoms with Crippen LogP contribution in [-0.2, 0) is 19.2 Å². The average molecular weight is 402 g/mol. The van der Waals surface area contributed by atoms with Crippen LogP contribution >= 0.6 is 11.8 Å². The van der Waals surface area contributed by atoms with Gasteiger partial charge in [0.1, 0.15) is 6.04 Å². The largest absolute Gasteiger partial charge is 0.490 e. The van der Waals surface area contributed by atoms with E-state index < -0.39 is 24.2 Å². The summed E-state index contributed by atoms with van der Waals surface area (Å²) in [5.41, 5.74) is 5.49. The van der Waals surface area contributed by atoms with Gasteiger partial charge in [-0.15, -0.1) is 0 Å². The van der Waals surface area contributed by atoms with E-state index in [1.165, 1.54) is 11.8 Å². The lowest BCUT2D eigenvalue weighted by Crippen LogP contribution is -2.44. The molecule has 1 heterocycles. The molecule has 1 aliphatic rings. The molecular weight excluding hydrogens is 381 g/mol. The molecule has 0 spiro atoms. The Balaban J connectivity index is 0.000000758. The van der Waals surface area contributed by atoms with E-state index in [0.717, 1.165) is 11.8 Å². The van der Waals surface area contributed by atoms with Gasteiger partial charge in [-0.1, -0.05) is 11.8 Å². The Kier molecular flexibility index (Phi) is 10.2. The Morgan fingerprint density at radius 2 is 1.81 bits per heavy atom. The monoisotopic (exact) mass is 402 g/mol. The van der Waals surface area contributed by atoms with Crippen molar-refractivity contribution in [3.63, 3.8) is 0 Å². The number of rotatable bonds is 6. The van der Waals surface area contributed by atoms with Crippen LogP contribution in [0.15, 0.2) is 0 Å². The van der Waals surface area contributed by atoms with Crippen molar-refractivity contribution in [2.24, 2.45) is 11.7 Å². The molecule has 4 N–H and O–H groups in total. The minimum Gasteiger partial charge on any atom is -0.480 e. The van der Waals surface area contributed by atoms with Gasteiger partial charge in [0.05, 0.1) is 0 Å². The van der Waals surface area contributed by atoms with Crippen molar-refractivity contribution in [3.05, 3.63) is 0 Å². The topological polar surface area (TPSA) is 138 Å². The average Bonchev–Trinajstić information content (AvgIpc) is 3.00. The van der Waals surface area contributed by atoms with Crippen molar-refractivity contribution < 1.29 is 42.6 Å². The number of likely N-dealkylation sites (tertiary alicyclic amines) is 1. The Bertz CT molecular complexity index is 529. The van der Waals surface area contributed by atoms with E-state index in [2.05, 4.69) is 0 Å². The fourth-order valence-electron chi connectivity index (χ4n) is 2.22. The summed E-state index contributed by atoms with van der Waals surface area (Å²) in [5, 5.41) is 16.2. The number of hydrogen-bond acceptors (Lipinski definition) is 6. The number of thioether (sulfide) groups is 1. The fourth-order valence-corrected chi connectivity index (χ4v) is 2.96. The van der Waals surface area contributed by atoms with Crippen LogP contribution < -0.4 is 5.73 Å². The molecule has 1 unspecified atom stereocenters. The van der Waals surface area contributed by atoms with Gasteiger partial charge in [0.2, 0.25) is 5.91 Å². The second kappa shape index (κ2) is 11.0. The lowest BCUT2D eigenvalue weighted by molar-refractivity contribution is -0.192. The maximum Gasteiger partial charge on any atom is 0.490 e. The molecular formula is C14H21F3N2O6S. The van der Waals surface area contributed by atoms with Crippen LogP contribution in [0.5, 0.6) is 0 Å². The number of amides is 1. The first-order valence-electron chi connectivity index (χ1n) is 7.58. The Morgan fingerprint density at radius 1 is 1.27 bits per heavy atom. The predicted molar refractivity (Wildman–Crippen MR) is 86.4 cm³/mol. The molecule has 26 heavy (non-hydrogen) atoms. The van der Waals surface area contributed by atoms with Crippen LogP contribution in [-0.4, -0.2) is 69.1 Å². The summed E-state index contributed by atoms with van der Waals surface area (Å²) in [6.45, 7) is 2.27. The smallest absolute Gasteiger partial charge is 0.480 e. The third kappa shape index (κ3) is 8.52. The zero-order chi connectivity index (χ0) is 20.5. The molecule has 1 aliphatic heterocycles. The molecule has 0 saturated carbocycles. The number of carbonyl (C=O) groups excluding carboxylic acids is 2. The van der Waals surface area contributed by atoms with Crippen LogP contribution in [0.25, 0.3) is 0 Å². The van der Waals surface area contributed by atoms with E-state index in [4.69, 9.17) is 20.7 Å². The molecule has 1 amide bonds. The number of carbonyl (C=O) groups is 4. The maximum atomic E-state index is 12.3. The second-order valence-corrected chi connectivity index (χ2v) is 6.60. The lowest BCUT2D eigenvalue weighted by Gasteiger charge is -2.26. The summed E-state index contributed by atoms with van der Waals surface area (Å²) in [5.74, 6) is -3.92. The number of nitrogens with zero attached hydrogens (tertiary/aromatic N) is 1. The number of carboxylic acids is 2. The molecule has 2 atom stereocenters. The van der Waals surface area contributed by atoms with Crippen molar-refractivity contribution in [1.29, 1.82) is 0 Å². The van der Waals surface area contributed by atoms with E-state index in [-0.39, 0.29) is 16.9 Å². The van der Waals surface area contributed by atoms with Crippen molar-refractivity contribution in [2.75, 3.05) is 18.8 Å². The first kappa shape index (κ1) is 24.2. The normalized spacial score (nSPS) is 17.9. The highest BCUT2D eigenvalue weighted by atomic mass is 32.2. The summed E-state index contributed by atoms with van der Waals surface area (Å²) in [4.78, 5) is 44.7. The molecule has 0 bridgehead atoms. The Morgan fingerprint density at radius 3 is 2.19 bits per heavy atom. The van der Waals surface area contributed by atoms with Crippen molar-refractivity contribution >= 4 is 34.7 Å². The van der Waals surface area contributed by atoms with Gasteiger partial charge in [0.15, 0.2) is 5.12 Å². The third-order valence-corrected chi connectivity index (χ3v) is 4.39. The first-order valence-corrected chi connectivity index (χ1v) is 8.57. The van der Waals surface area contributed by atoms with E-state index in [1.54, 1.807) is 0 Å². The molecule has 1 saturated heterocycles. The summed E-state index contributed by atoms with van der Waals surface area (Å²) in [6, 6.07) is -0.727. The summed E-state index contributed by atoms with van der Waals surface area (Å²) in [7, 11) is 0. The lowest BCUT2D eigenvalue weighted by atomic mass is 10.1. The zero-order valence-electron chi connectivity index (χ0n) is 14.0. The Labute approximate surface area is 151 Å². The number of hydrogen-bond donors (Lipinski definition) is 3. The van der Waals surface area contributed by atoms with E-state index >= 15 is 0 Å². The van der Waals surface area contributed by atoms with Crippen LogP contribution in [0.3, 0.4) is 0 Å². The van der Waals surface area contributed by atoms with Gasteiger partial charge in [-0.25, -0.2) is 9.59 Å². The van der Waals surface area contributed by atoms with Gasteiger partial charge < -0.3 is 20.8 Å². The minimum absolute atomic E-state index is 0.0500. The van der Waals surface area contributed by atoms with Gasteiger partial charge in [-0.3, -0.25) is 9.59 Å². The molecule has 0 aliphatic carbocycles. The number of alkyl halides is 3. The van der Waals surface area contributed by atoms with E-state index in [1.807, 2.05) is 0 Å². The predicted octanol–water partition coefficient (Wildman–Crippen LogP) is 0.940. The van der Waals surface area contributed by atoms with Crippen LogP contribution in [0.4, 0.5) is 13.2 Å². The van der Waals surface area contributed by atoms with E-state index in [0.29, 0.717) is 38.1 Å². The minimum atomic E-state index is -5.08. The van der Waals surface area contributed by atoms with Gasteiger partial charge in [-0.05, 0) is 25.8 Å². The molecule has 12 heteroatoms. The SMILES string of the molecule is CC(=O)SCC(CCN)C(=O)N1CCC[C@H]1C(=O)O.O=C(O)C(F)(F)F. The summed E-state index contributed by atoms with van der Waals surface area (Å²) in [6.07, 6.45) is -3.41. The molecule has 1 rings (SSSR count). The van der Waals surface area contributed by atoms with Crippen molar-refractivity contribution in [1.82, 2.24) is 4.90 Å². The summed E-state index contributed by atoms with van der Waals surface area (Å²) >= 11 is 1.09. The molecule has 150 valence electrons. The zero-order valence-corrected chi connectivity index (χ0v) is 14.8. The van der Waals surface area contributed by atoms with Gasteiger partial charge in [0.25, 0.3) is 0 Å². The van der Waals surface area contributed by atoms with Crippen molar-refractivity contribution in [2.45, 2.75) is 38.4 Å². The summed E-state index contributed by atoms with van der Waals surface area (Å²) < 4.78 is 31.7. The number of nitrogens with two attached hydrogens (primary N) is 1. The van der Waals surface area contributed by atoms with Gasteiger partial charge >= 0.3 is 18.1 Å². The fraction of sp³-hybridized carbons (Fsp3) is 0.714. The molecule has 0 aromatic heterocycles. The third-order valence-electron chi connectivity index (χ3n) is 3.42. The number of halogens is 3. The molecule has 0 aromatic rings. The quantitative estimate of drug-likeness (QED) is 0.597. The van der Waals surface area contributed by atoms with Gasteiger partial charge in [-0.2, -0.15) is 13.2 Å². The molecule has 0 radical (unpaired) electrons. The van der Waals surface area contributed by atoms with Crippen LogP contribution in [0, 0.1) is 5.92 Å². The highest BCUT2D eigenvalue weighted by molar-refractivity contribution is 8.13. The first-order chi connectivity index (χ1) is 11.9. The second-order valence-electron chi connectivity index (χ2n) is 5.41. The number of carboxylic acid groups (broad SMARTS) is 2. The van der Waals surface area contributed by atoms with Crippen LogP contribution in [0.1, 0.15) is 26.2 Å².